The number of amides is 2. The Morgan fingerprint density at radius 2 is 1.84 bits per heavy atom. The van der Waals surface area contributed by atoms with Crippen molar-refractivity contribution < 1.29 is 22.8 Å². The number of likely N-dealkylation sites (tertiary alicyclic amines) is 1. The van der Waals surface area contributed by atoms with E-state index in [0.717, 1.165) is 12.0 Å². The van der Waals surface area contributed by atoms with Crippen molar-refractivity contribution in [3.63, 3.8) is 0 Å². The maximum Gasteiger partial charge on any atom is 0.317 e. The first-order chi connectivity index (χ1) is 15.1. The van der Waals surface area contributed by atoms with Crippen LogP contribution in [0.4, 0.5) is 13.6 Å². The second-order valence-corrected chi connectivity index (χ2v) is 7.32. The van der Waals surface area contributed by atoms with E-state index < -0.39 is 0 Å². The number of nitrogens with one attached hydrogen (secondary N) is 1. The largest absolute Gasteiger partial charge is 0.493 e. The number of urea groups is 1. The number of carbonyl (C=O) groups excluding carboxylic acids is 1. The summed E-state index contributed by atoms with van der Waals surface area (Å²) in [5.74, 6) is 0.962. The Bertz CT molecular complexity index is 1010. The van der Waals surface area contributed by atoms with Crippen molar-refractivity contribution in [2.24, 2.45) is 0 Å². The zero-order valence-corrected chi connectivity index (χ0v) is 16.8. The van der Waals surface area contributed by atoms with Crippen LogP contribution >= 0.6 is 0 Å². The number of hydrogen-bond acceptors (Lipinski definition) is 5. The van der Waals surface area contributed by atoms with Crippen molar-refractivity contribution in [3.05, 3.63) is 77.4 Å². The van der Waals surface area contributed by atoms with Crippen LogP contribution in [0.25, 0.3) is 0 Å². The summed E-state index contributed by atoms with van der Waals surface area (Å²) in [4.78, 5) is 18.5. The quantitative estimate of drug-likeness (QED) is 0.621. The summed E-state index contributed by atoms with van der Waals surface area (Å²) in [6.07, 6.45) is 1.19. The van der Waals surface area contributed by atoms with Crippen LogP contribution < -0.4 is 10.1 Å². The standard InChI is InChI=1S/C22H22F2N4O3/c23-17-3-1-15(2-4-17)13-25-22(29)28-11-9-16(14-28)21-26-20(27-31-21)10-12-30-19-7-5-18(24)6-8-19/h1-8,16H,9-14H2,(H,25,29). The number of benzene rings is 2. The highest BCUT2D eigenvalue weighted by Gasteiger charge is 2.31. The van der Waals surface area contributed by atoms with Gasteiger partial charge in [-0.3, -0.25) is 0 Å². The molecule has 1 aromatic heterocycles. The van der Waals surface area contributed by atoms with Gasteiger partial charge in [-0.1, -0.05) is 17.3 Å². The fourth-order valence-electron chi connectivity index (χ4n) is 3.36. The second kappa shape index (κ2) is 9.55. The Labute approximate surface area is 178 Å². The van der Waals surface area contributed by atoms with Gasteiger partial charge in [-0.15, -0.1) is 0 Å². The first-order valence-corrected chi connectivity index (χ1v) is 10.0. The molecule has 162 valence electrons. The van der Waals surface area contributed by atoms with Crippen LogP contribution in [-0.4, -0.2) is 40.8 Å². The summed E-state index contributed by atoms with van der Waals surface area (Å²) in [6, 6.07) is 11.6. The smallest absolute Gasteiger partial charge is 0.317 e. The van der Waals surface area contributed by atoms with E-state index >= 15 is 0 Å². The molecule has 0 bridgehead atoms. The van der Waals surface area contributed by atoms with Crippen molar-refractivity contribution in [1.29, 1.82) is 0 Å². The van der Waals surface area contributed by atoms with Crippen LogP contribution in [0.15, 0.2) is 53.1 Å². The molecule has 31 heavy (non-hydrogen) atoms. The number of carbonyl (C=O) groups is 1. The average molecular weight is 428 g/mol. The number of nitrogens with zero attached hydrogens (tertiary/aromatic N) is 3. The van der Waals surface area contributed by atoms with E-state index in [1.54, 1.807) is 29.2 Å². The molecule has 1 aliphatic heterocycles. The minimum absolute atomic E-state index is 0.0177. The number of hydrogen-bond donors (Lipinski definition) is 1. The zero-order valence-electron chi connectivity index (χ0n) is 16.8. The van der Waals surface area contributed by atoms with E-state index in [9.17, 15) is 13.6 Å². The molecule has 1 fully saturated rings. The molecule has 2 heterocycles. The molecule has 2 aromatic carbocycles. The van der Waals surface area contributed by atoms with E-state index in [1.807, 2.05) is 0 Å². The van der Waals surface area contributed by atoms with Gasteiger partial charge in [0.05, 0.1) is 12.5 Å². The maximum atomic E-state index is 13.0. The van der Waals surface area contributed by atoms with E-state index in [4.69, 9.17) is 9.26 Å². The zero-order chi connectivity index (χ0) is 21.6. The van der Waals surface area contributed by atoms with E-state index in [1.165, 1.54) is 24.3 Å². The van der Waals surface area contributed by atoms with Gasteiger partial charge in [-0.25, -0.2) is 13.6 Å². The van der Waals surface area contributed by atoms with Crippen molar-refractivity contribution in [2.75, 3.05) is 19.7 Å². The Kier molecular flexibility index (Phi) is 6.40. The molecular weight excluding hydrogens is 406 g/mol. The number of halogens is 2. The molecule has 0 aliphatic carbocycles. The fourth-order valence-corrected chi connectivity index (χ4v) is 3.36. The molecule has 1 N–H and O–H groups in total. The molecule has 7 nitrogen and oxygen atoms in total. The van der Waals surface area contributed by atoms with E-state index in [0.29, 0.717) is 50.1 Å². The number of rotatable bonds is 7. The Hall–Kier alpha value is -3.49. The Morgan fingerprint density at radius 1 is 1.13 bits per heavy atom. The maximum absolute atomic E-state index is 13.0. The minimum atomic E-state index is -0.315. The molecular formula is C22H22F2N4O3. The third kappa shape index (κ3) is 5.56. The predicted molar refractivity (Wildman–Crippen MR) is 107 cm³/mol. The van der Waals surface area contributed by atoms with Gasteiger partial charge in [0.15, 0.2) is 5.82 Å². The van der Waals surface area contributed by atoms with Gasteiger partial charge < -0.3 is 19.5 Å². The highest BCUT2D eigenvalue weighted by molar-refractivity contribution is 5.74. The summed E-state index contributed by atoms with van der Waals surface area (Å²) >= 11 is 0. The van der Waals surface area contributed by atoms with Crippen LogP contribution in [0.5, 0.6) is 5.75 Å². The summed E-state index contributed by atoms with van der Waals surface area (Å²) < 4.78 is 36.8. The minimum Gasteiger partial charge on any atom is -0.493 e. The van der Waals surface area contributed by atoms with Crippen molar-refractivity contribution in [2.45, 2.75) is 25.3 Å². The van der Waals surface area contributed by atoms with Crippen molar-refractivity contribution in [3.8, 4) is 5.75 Å². The van der Waals surface area contributed by atoms with Crippen LogP contribution in [0.2, 0.25) is 0 Å². The number of aromatic nitrogens is 2. The first-order valence-electron chi connectivity index (χ1n) is 10.0. The molecule has 9 heteroatoms. The third-order valence-corrected chi connectivity index (χ3v) is 5.07. The second-order valence-electron chi connectivity index (χ2n) is 7.32. The van der Waals surface area contributed by atoms with Gasteiger partial charge >= 0.3 is 6.03 Å². The first kappa shape index (κ1) is 20.8. The molecule has 0 spiro atoms. The van der Waals surface area contributed by atoms with Crippen molar-refractivity contribution in [1.82, 2.24) is 20.4 Å². The highest BCUT2D eigenvalue weighted by atomic mass is 19.1. The Balaban J connectivity index is 1.22. The summed E-state index contributed by atoms with van der Waals surface area (Å²) in [5, 5.41) is 6.83. The third-order valence-electron chi connectivity index (χ3n) is 5.07. The van der Waals surface area contributed by atoms with E-state index in [-0.39, 0.29) is 23.6 Å². The highest BCUT2D eigenvalue weighted by Crippen LogP contribution is 2.26. The van der Waals surface area contributed by atoms with Gasteiger partial charge in [0, 0.05) is 26.1 Å². The Morgan fingerprint density at radius 3 is 2.58 bits per heavy atom. The SMILES string of the molecule is O=C(NCc1ccc(F)cc1)N1CCC(c2nc(CCOc3ccc(F)cc3)no2)C1. The molecule has 1 aliphatic rings. The van der Waals surface area contributed by atoms with E-state index in [2.05, 4.69) is 15.5 Å². The fraction of sp³-hybridized carbons (Fsp3) is 0.318. The molecule has 0 saturated carbocycles. The summed E-state index contributed by atoms with van der Waals surface area (Å²) in [5.41, 5.74) is 0.829. The molecule has 1 unspecified atom stereocenters. The van der Waals surface area contributed by atoms with Gasteiger partial charge in [0.25, 0.3) is 0 Å². The van der Waals surface area contributed by atoms with Gasteiger partial charge in [0.2, 0.25) is 5.89 Å². The summed E-state index contributed by atoms with van der Waals surface area (Å²) in [7, 11) is 0. The lowest BCUT2D eigenvalue weighted by Crippen LogP contribution is -2.37. The van der Waals surface area contributed by atoms with Gasteiger partial charge in [0.1, 0.15) is 17.4 Å². The average Bonchev–Trinajstić information content (AvgIpc) is 3.44. The van der Waals surface area contributed by atoms with Gasteiger partial charge in [-0.2, -0.15) is 4.98 Å². The van der Waals surface area contributed by atoms with Crippen LogP contribution in [0.1, 0.15) is 29.6 Å². The molecule has 0 radical (unpaired) electrons. The molecule has 3 aromatic rings. The normalized spacial score (nSPS) is 15.8. The number of ether oxygens (including phenoxy) is 1. The summed E-state index contributed by atoms with van der Waals surface area (Å²) in [6.45, 7) is 1.75. The lowest BCUT2D eigenvalue weighted by atomic mass is 10.1. The van der Waals surface area contributed by atoms with Crippen molar-refractivity contribution >= 4 is 6.03 Å². The van der Waals surface area contributed by atoms with Crippen LogP contribution in [0, 0.1) is 11.6 Å². The predicted octanol–water partition coefficient (Wildman–Crippen LogP) is 3.67. The molecule has 1 saturated heterocycles. The molecule has 4 rings (SSSR count). The topological polar surface area (TPSA) is 80.5 Å². The van der Waals surface area contributed by atoms with Crippen LogP contribution in [0.3, 0.4) is 0 Å². The van der Waals surface area contributed by atoms with Gasteiger partial charge in [-0.05, 0) is 48.4 Å². The monoisotopic (exact) mass is 428 g/mol. The van der Waals surface area contributed by atoms with Crippen LogP contribution in [-0.2, 0) is 13.0 Å². The molecule has 1 atom stereocenters. The lowest BCUT2D eigenvalue weighted by molar-refractivity contribution is 0.207. The lowest BCUT2D eigenvalue weighted by Gasteiger charge is -2.16. The molecule has 2 amide bonds.